The quantitative estimate of drug-likeness (QED) is 0.311. The second-order valence-corrected chi connectivity index (χ2v) is 13.7. The molecule has 3 aliphatic heterocycles. The number of likely N-dealkylation sites (tertiary alicyclic amines) is 2. The van der Waals surface area contributed by atoms with Crippen LogP contribution in [0.1, 0.15) is 56.1 Å². The number of aliphatic carboxylic acids is 1. The Morgan fingerprint density at radius 2 is 1.96 bits per heavy atom. The summed E-state index contributed by atoms with van der Waals surface area (Å²) in [7, 11) is 7.97. The molecule has 3 aliphatic rings. The Labute approximate surface area is 272 Å². The van der Waals surface area contributed by atoms with E-state index in [1.807, 2.05) is 39.0 Å². The van der Waals surface area contributed by atoms with Crippen molar-refractivity contribution in [1.82, 2.24) is 9.80 Å². The maximum atomic E-state index is 14.2. The van der Waals surface area contributed by atoms with Gasteiger partial charge in [0.1, 0.15) is 6.54 Å². The molecule has 2 aromatic carbocycles. The van der Waals surface area contributed by atoms with E-state index in [1.165, 1.54) is 0 Å². The Balaban J connectivity index is 1.46. The third kappa shape index (κ3) is 7.58. The van der Waals surface area contributed by atoms with Gasteiger partial charge >= 0.3 is 5.97 Å². The minimum absolute atomic E-state index is 0.0637. The van der Waals surface area contributed by atoms with Gasteiger partial charge in [0.05, 0.1) is 40.7 Å². The average molecular weight is 638 g/mol. The molecule has 2 fully saturated rings. The van der Waals surface area contributed by atoms with Gasteiger partial charge in [-0.25, -0.2) is 0 Å². The molecule has 11 nitrogen and oxygen atoms in total. The zero-order chi connectivity index (χ0) is 33.0. The highest BCUT2D eigenvalue weighted by Crippen LogP contribution is 2.47. The number of ether oxygens (including phenoxy) is 3. The molecule has 0 bridgehead atoms. The van der Waals surface area contributed by atoms with E-state index in [9.17, 15) is 19.5 Å². The molecule has 11 heteroatoms. The van der Waals surface area contributed by atoms with Crippen molar-refractivity contribution in [2.45, 2.75) is 57.5 Å². The summed E-state index contributed by atoms with van der Waals surface area (Å²) in [5, 5.41) is 10.7. The van der Waals surface area contributed by atoms with Crippen molar-refractivity contribution in [1.29, 1.82) is 0 Å². The van der Waals surface area contributed by atoms with Gasteiger partial charge in [-0.15, -0.1) is 0 Å². The zero-order valence-electron chi connectivity index (χ0n) is 27.9. The molecular formula is C35H49N4O7+. The number of carbonyl (C=O) groups is 3. The molecule has 3 unspecified atom stereocenters. The van der Waals surface area contributed by atoms with E-state index >= 15 is 0 Å². The molecule has 0 radical (unpaired) electrons. The average Bonchev–Trinajstić information content (AvgIpc) is 3.73. The Morgan fingerprint density at radius 1 is 1.15 bits per heavy atom. The predicted molar refractivity (Wildman–Crippen MR) is 174 cm³/mol. The number of amides is 2. The minimum atomic E-state index is -0.926. The summed E-state index contributed by atoms with van der Waals surface area (Å²) in [5.41, 5.74) is 2.77. The molecule has 2 amide bonds. The number of nitrogens with zero attached hydrogens (tertiary/aromatic N) is 4. The van der Waals surface area contributed by atoms with Crippen LogP contribution in [0, 0.1) is 5.92 Å². The first-order chi connectivity index (χ1) is 22.0. The van der Waals surface area contributed by atoms with Crippen LogP contribution in [0.4, 0.5) is 5.69 Å². The van der Waals surface area contributed by atoms with E-state index in [4.69, 9.17) is 14.2 Å². The summed E-state index contributed by atoms with van der Waals surface area (Å²) >= 11 is 0. The van der Waals surface area contributed by atoms with Crippen LogP contribution in [0.5, 0.6) is 17.2 Å². The Morgan fingerprint density at radius 3 is 2.63 bits per heavy atom. The van der Waals surface area contributed by atoms with Crippen molar-refractivity contribution >= 4 is 23.5 Å². The number of hydrogen-bond donors (Lipinski definition) is 1. The van der Waals surface area contributed by atoms with Crippen LogP contribution < -0.4 is 19.1 Å². The molecule has 0 saturated carbocycles. The van der Waals surface area contributed by atoms with Crippen molar-refractivity contribution in [3.63, 3.8) is 0 Å². The molecule has 5 rings (SSSR count). The fourth-order valence-electron chi connectivity index (χ4n) is 7.13. The summed E-state index contributed by atoms with van der Waals surface area (Å²) in [4.78, 5) is 45.5. The second kappa shape index (κ2) is 14.3. The van der Waals surface area contributed by atoms with Gasteiger partial charge in [-0.3, -0.25) is 19.3 Å². The third-order valence-corrected chi connectivity index (χ3v) is 9.26. The smallest absolute Gasteiger partial charge is 0.308 e. The van der Waals surface area contributed by atoms with Crippen LogP contribution >= 0.6 is 0 Å². The highest BCUT2D eigenvalue weighted by atomic mass is 16.7. The fraction of sp³-hybridized carbons (Fsp3) is 0.571. The van der Waals surface area contributed by atoms with E-state index in [2.05, 4.69) is 40.2 Å². The van der Waals surface area contributed by atoms with Gasteiger partial charge in [-0.2, -0.15) is 0 Å². The topological polar surface area (TPSA) is 109 Å². The second-order valence-electron chi connectivity index (χ2n) is 13.7. The SMILES string of the molecule is CCCCN(C(=O)CN1CC(c2cc(OC)c3c(c2)OCO3)C(C(=O)O)C1CCN1CCCC1=O)c1cccc(C[N+](C)(C)C)c1. The van der Waals surface area contributed by atoms with E-state index < -0.39 is 23.8 Å². The minimum Gasteiger partial charge on any atom is -0.493 e. The highest BCUT2D eigenvalue weighted by molar-refractivity contribution is 5.95. The molecule has 250 valence electrons. The molecule has 3 atom stereocenters. The van der Waals surface area contributed by atoms with Gasteiger partial charge in [0, 0.05) is 55.8 Å². The van der Waals surface area contributed by atoms with Crippen LogP contribution in [0.25, 0.3) is 0 Å². The first kappa shape index (κ1) is 33.5. The summed E-state index contributed by atoms with van der Waals surface area (Å²) in [6.45, 7) is 5.16. The Hall–Kier alpha value is -3.83. The van der Waals surface area contributed by atoms with Gasteiger partial charge in [0.25, 0.3) is 0 Å². The number of benzene rings is 2. The molecule has 0 aromatic heterocycles. The standard InChI is InChI=1S/C35H48N4O7/c1-6-7-15-38(26-11-8-10-24(17-26)22-39(2,3)4)32(41)21-37-20-27(25-18-29(44-5)34-30(19-25)45-23-46-34)33(35(42)43)28(37)13-16-36-14-9-12-31(36)40/h8,10-11,17-19,27-28,33H,6-7,9,12-16,20-23H2,1-5H3/p+1. The predicted octanol–water partition coefficient (Wildman–Crippen LogP) is 3.94. The molecule has 0 spiro atoms. The van der Waals surface area contributed by atoms with Gasteiger partial charge in [-0.05, 0) is 49.1 Å². The fourth-order valence-corrected chi connectivity index (χ4v) is 7.13. The van der Waals surface area contributed by atoms with Crippen LogP contribution in [-0.2, 0) is 20.9 Å². The van der Waals surface area contributed by atoms with Crippen LogP contribution in [0.2, 0.25) is 0 Å². The van der Waals surface area contributed by atoms with Gasteiger partial charge in [-0.1, -0.05) is 25.5 Å². The van der Waals surface area contributed by atoms with E-state index in [0.29, 0.717) is 56.3 Å². The summed E-state index contributed by atoms with van der Waals surface area (Å²) < 4.78 is 17.6. The van der Waals surface area contributed by atoms with Crippen molar-refractivity contribution in [3.8, 4) is 17.2 Å². The lowest BCUT2D eigenvalue weighted by molar-refractivity contribution is -0.884. The van der Waals surface area contributed by atoms with Crippen molar-refractivity contribution in [2.75, 3.05) is 72.7 Å². The van der Waals surface area contributed by atoms with Gasteiger partial charge in [0.15, 0.2) is 11.5 Å². The molecule has 0 aliphatic carbocycles. The monoisotopic (exact) mass is 637 g/mol. The van der Waals surface area contributed by atoms with Crippen molar-refractivity contribution in [2.24, 2.45) is 5.92 Å². The number of carboxylic acid groups (broad SMARTS) is 1. The van der Waals surface area contributed by atoms with Gasteiger partial charge in [0.2, 0.25) is 24.4 Å². The Bertz CT molecular complexity index is 1420. The van der Waals surface area contributed by atoms with E-state index in [1.54, 1.807) is 7.11 Å². The molecule has 3 heterocycles. The van der Waals surface area contributed by atoms with Crippen LogP contribution in [0.15, 0.2) is 36.4 Å². The number of anilines is 1. The maximum absolute atomic E-state index is 14.2. The number of rotatable bonds is 14. The third-order valence-electron chi connectivity index (χ3n) is 9.26. The summed E-state index contributed by atoms with van der Waals surface area (Å²) in [5.74, 6) is -0.599. The highest BCUT2D eigenvalue weighted by Gasteiger charge is 2.48. The lowest BCUT2D eigenvalue weighted by atomic mass is 9.84. The number of methoxy groups -OCH3 is 1. The number of quaternary nitrogens is 1. The largest absolute Gasteiger partial charge is 0.493 e. The lowest BCUT2D eigenvalue weighted by Gasteiger charge is -2.31. The van der Waals surface area contributed by atoms with Crippen molar-refractivity contribution in [3.05, 3.63) is 47.5 Å². The molecule has 2 aromatic rings. The summed E-state index contributed by atoms with van der Waals surface area (Å²) in [6.07, 6.45) is 3.58. The first-order valence-electron chi connectivity index (χ1n) is 16.4. The number of hydrogen-bond acceptors (Lipinski definition) is 7. The number of carboxylic acids is 1. The zero-order valence-corrected chi connectivity index (χ0v) is 27.9. The van der Waals surface area contributed by atoms with Crippen LogP contribution in [-0.4, -0.2) is 111 Å². The molecule has 1 N–H and O–H groups in total. The van der Waals surface area contributed by atoms with E-state index in [0.717, 1.165) is 47.1 Å². The van der Waals surface area contributed by atoms with Crippen LogP contribution in [0.3, 0.4) is 0 Å². The molecule has 46 heavy (non-hydrogen) atoms. The lowest BCUT2D eigenvalue weighted by Crippen LogP contribution is -2.45. The van der Waals surface area contributed by atoms with E-state index in [-0.39, 0.29) is 25.2 Å². The first-order valence-corrected chi connectivity index (χ1v) is 16.4. The normalized spacial score (nSPS) is 21.2. The summed E-state index contributed by atoms with van der Waals surface area (Å²) in [6, 6.07) is 11.4. The maximum Gasteiger partial charge on any atom is 0.308 e. The molecular weight excluding hydrogens is 588 g/mol. The van der Waals surface area contributed by atoms with Crippen molar-refractivity contribution < 1.29 is 38.2 Å². The number of fused-ring (bicyclic) bond motifs is 1. The molecule has 2 saturated heterocycles. The number of unbranched alkanes of at least 4 members (excludes halogenated alkanes) is 1. The Kier molecular flexibility index (Phi) is 10.4. The number of carbonyl (C=O) groups excluding carboxylic acids is 2. The van der Waals surface area contributed by atoms with Gasteiger partial charge < -0.3 is 33.6 Å².